The summed E-state index contributed by atoms with van der Waals surface area (Å²) < 4.78 is 91.2. The summed E-state index contributed by atoms with van der Waals surface area (Å²) in [5, 5.41) is 1.59. The predicted octanol–water partition coefficient (Wildman–Crippen LogP) is 8.85. The first-order valence-corrected chi connectivity index (χ1v) is 15.3. The summed E-state index contributed by atoms with van der Waals surface area (Å²) in [6.07, 6.45) is -5.88. The third-order valence-corrected chi connectivity index (χ3v) is 13.2. The Balaban J connectivity index is 1.76. The lowest BCUT2D eigenvalue weighted by Crippen LogP contribution is -2.52. The molecule has 0 radical (unpaired) electrons. The molecule has 1 unspecified atom stereocenters. The zero-order valence-electron chi connectivity index (χ0n) is 21.0. The first-order valence-electron chi connectivity index (χ1n) is 12.2. The Kier molecular flexibility index (Phi) is 7.48. The molecule has 0 saturated carbocycles. The van der Waals surface area contributed by atoms with E-state index in [9.17, 15) is 8.42 Å². The van der Waals surface area contributed by atoms with E-state index < -0.39 is 37.3 Å². The van der Waals surface area contributed by atoms with Crippen LogP contribution in [0.3, 0.4) is 0 Å². The Morgan fingerprint density at radius 2 is 0.975 bits per heavy atom. The maximum atomic E-state index is 17.6. The molecule has 0 N–H and O–H groups in total. The Morgan fingerprint density at radius 1 is 0.550 bits per heavy atom. The maximum absolute atomic E-state index is 17.6. The van der Waals surface area contributed by atoms with Crippen LogP contribution in [0.2, 0.25) is 0 Å². The van der Waals surface area contributed by atoms with Gasteiger partial charge in [0.1, 0.15) is 0 Å². The van der Waals surface area contributed by atoms with Gasteiger partial charge in [-0.2, -0.15) is 21.6 Å². The number of fused-ring (bicyclic) bond motifs is 1. The molecule has 40 heavy (non-hydrogen) atoms. The van der Waals surface area contributed by atoms with Gasteiger partial charge in [0.25, 0.3) is 0 Å². The highest BCUT2D eigenvalue weighted by Crippen LogP contribution is 2.80. The molecule has 0 aliphatic heterocycles. The van der Waals surface area contributed by atoms with Crippen molar-refractivity contribution in [3.05, 3.63) is 139 Å². The zero-order chi connectivity index (χ0) is 28.4. The first-order chi connectivity index (χ1) is 19.1. The molecule has 0 bridgehead atoms. The minimum absolute atomic E-state index is 0.120. The Labute approximate surface area is 231 Å². The molecule has 0 aliphatic carbocycles. The van der Waals surface area contributed by atoms with Gasteiger partial charge < -0.3 is 0 Å². The zero-order valence-corrected chi connectivity index (χ0v) is 22.6. The monoisotopic (exact) mass is 584 g/mol. The second-order valence-corrected chi connectivity index (χ2v) is 14.1. The summed E-state index contributed by atoms with van der Waals surface area (Å²) in [4.78, 5) is -0.361. The van der Waals surface area contributed by atoms with Crippen molar-refractivity contribution in [2.45, 2.75) is 31.8 Å². The Hall–Kier alpha value is -3.66. The minimum Gasteiger partial charge on any atom is -0.262 e. The van der Waals surface area contributed by atoms with Gasteiger partial charge in [-0.25, -0.2) is 4.39 Å². The molecule has 206 valence electrons. The van der Waals surface area contributed by atoms with Crippen LogP contribution in [0.1, 0.15) is 5.56 Å². The molecular weight excluding hydrogens is 560 g/mol. The molecule has 0 aromatic heterocycles. The third-order valence-electron chi connectivity index (χ3n) is 6.54. The van der Waals surface area contributed by atoms with E-state index in [1.54, 1.807) is 42.5 Å². The van der Waals surface area contributed by atoms with Crippen molar-refractivity contribution in [3.63, 3.8) is 0 Å². The summed E-state index contributed by atoms with van der Waals surface area (Å²) in [6, 6.07) is 33.5. The molecule has 0 heterocycles. The van der Waals surface area contributed by atoms with Crippen molar-refractivity contribution in [1.82, 2.24) is 0 Å². The van der Waals surface area contributed by atoms with Crippen molar-refractivity contribution in [1.29, 1.82) is 0 Å². The molecule has 0 saturated heterocycles. The van der Waals surface area contributed by atoms with Gasteiger partial charge in [0.2, 0.25) is 0 Å². The van der Waals surface area contributed by atoms with Gasteiger partial charge in [-0.3, -0.25) is 4.18 Å². The lowest BCUT2D eigenvalue weighted by Gasteiger charge is -2.49. The fourth-order valence-corrected chi connectivity index (χ4v) is 11.5. The average Bonchev–Trinajstić information content (AvgIpc) is 2.97. The van der Waals surface area contributed by atoms with E-state index in [-0.39, 0.29) is 20.2 Å². The SMILES string of the molecule is O=S(=O)(OCc1ccc2ccccc2c1)C(F)(C(F)(F)F)S(c1ccccc1)(c1ccccc1)c1ccccc1. The number of hydrogen-bond donors (Lipinski definition) is 0. The normalized spacial score (nSPS) is 14.5. The van der Waals surface area contributed by atoms with Crippen LogP contribution in [-0.2, 0) is 20.9 Å². The molecule has 0 aliphatic rings. The second kappa shape index (κ2) is 10.7. The van der Waals surface area contributed by atoms with Gasteiger partial charge >= 0.3 is 20.6 Å². The van der Waals surface area contributed by atoms with Gasteiger partial charge in [-0.1, -0.05) is 91.0 Å². The minimum atomic E-state index is -5.99. The summed E-state index contributed by atoms with van der Waals surface area (Å²) in [6.45, 7) is -0.775. The molecule has 1 atom stereocenters. The van der Waals surface area contributed by atoms with E-state index in [2.05, 4.69) is 0 Å². The highest BCUT2D eigenvalue weighted by Gasteiger charge is 2.76. The molecule has 5 rings (SSSR count). The fraction of sp³-hybridized carbons (Fsp3) is 0.0968. The highest BCUT2D eigenvalue weighted by molar-refractivity contribution is 8.39. The molecular formula is C31H24F4O3S2. The largest absolute Gasteiger partial charge is 0.449 e. The standard InChI is InChI=1S/C31H24F4O3S2/c32-30(33,34)31(35,40(36,37)38-23-24-20-21-25-12-10-11-13-26(25)22-24)39(27-14-4-1-5-15-27,28-16-6-2-7-17-28)29-18-8-3-9-19-29/h1-22H,23H2. The van der Waals surface area contributed by atoms with Crippen LogP contribution in [0.25, 0.3) is 10.8 Å². The smallest absolute Gasteiger partial charge is 0.262 e. The summed E-state index contributed by atoms with van der Waals surface area (Å²) in [5.41, 5.74) is 0.284. The average molecular weight is 585 g/mol. The number of alkyl halides is 4. The second-order valence-electron chi connectivity index (χ2n) is 8.98. The maximum Gasteiger partial charge on any atom is 0.449 e. The van der Waals surface area contributed by atoms with E-state index in [4.69, 9.17) is 4.18 Å². The van der Waals surface area contributed by atoms with Crippen LogP contribution >= 0.6 is 10.0 Å². The van der Waals surface area contributed by atoms with Crippen molar-refractivity contribution < 1.29 is 30.2 Å². The molecule has 5 aromatic carbocycles. The van der Waals surface area contributed by atoms with Gasteiger partial charge in [0.05, 0.1) is 6.61 Å². The van der Waals surface area contributed by atoms with Gasteiger partial charge in [-0.15, -0.1) is 10.0 Å². The van der Waals surface area contributed by atoms with Crippen molar-refractivity contribution in [3.8, 4) is 0 Å². The molecule has 0 amide bonds. The van der Waals surface area contributed by atoms with Crippen LogP contribution in [0.15, 0.2) is 148 Å². The molecule has 0 fully saturated rings. The van der Waals surface area contributed by atoms with Crippen LogP contribution in [0, 0.1) is 0 Å². The number of rotatable bonds is 8. The Bertz CT molecular complexity index is 1620. The lowest BCUT2D eigenvalue weighted by atomic mass is 10.1. The van der Waals surface area contributed by atoms with Crippen LogP contribution in [0.5, 0.6) is 0 Å². The quantitative estimate of drug-likeness (QED) is 0.135. The molecule has 9 heteroatoms. The molecule has 5 aromatic rings. The fourth-order valence-electron chi connectivity index (χ4n) is 4.76. The van der Waals surface area contributed by atoms with Crippen molar-refractivity contribution in [2.75, 3.05) is 0 Å². The summed E-state index contributed by atoms with van der Waals surface area (Å²) in [7, 11) is -10.2. The third kappa shape index (κ3) is 4.58. The van der Waals surface area contributed by atoms with Crippen molar-refractivity contribution in [2.24, 2.45) is 0 Å². The summed E-state index contributed by atoms with van der Waals surface area (Å²) >= 11 is 0. The lowest BCUT2D eigenvalue weighted by molar-refractivity contribution is -0.171. The topological polar surface area (TPSA) is 43.4 Å². The number of benzene rings is 5. The van der Waals surface area contributed by atoms with Crippen LogP contribution in [0.4, 0.5) is 17.6 Å². The predicted molar refractivity (Wildman–Crippen MR) is 149 cm³/mol. The van der Waals surface area contributed by atoms with Crippen LogP contribution < -0.4 is 0 Å². The van der Waals surface area contributed by atoms with E-state index in [1.807, 2.05) is 12.1 Å². The van der Waals surface area contributed by atoms with E-state index in [0.717, 1.165) is 10.8 Å². The molecule has 3 nitrogen and oxygen atoms in total. The number of hydrogen-bond acceptors (Lipinski definition) is 3. The van der Waals surface area contributed by atoms with E-state index in [0.29, 0.717) is 0 Å². The van der Waals surface area contributed by atoms with Gasteiger partial charge in [0, 0.05) is 14.7 Å². The van der Waals surface area contributed by atoms with E-state index in [1.165, 1.54) is 78.9 Å². The van der Waals surface area contributed by atoms with Gasteiger partial charge in [-0.05, 0) is 58.8 Å². The van der Waals surface area contributed by atoms with Crippen LogP contribution in [-0.4, -0.2) is 18.9 Å². The highest BCUT2D eigenvalue weighted by atomic mass is 32.3. The van der Waals surface area contributed by atoms with Gasteiger partial charge in [0.15, 0.2) is 0 Å². The number of halogens is 4. The van der Waals surface area contributed by atoms with Crippen molar-refractivity contribution >= 4 is 30.9 Å². The van der Waals surface area contributed by atoms with E-state index >= 15 is 17.6 Å². The first kappa shape index (κ1) is 27.9. The molecule has 0 spiro atoms. The summed E-state index contributed by atoms with van der Waals surface area (Å²) in [5.74, 6) is 0. The Morgan fingerprint density at radius 3 is 1.43 bits per heavy atom.